The van der Waals surface area contributed by atoms with Crippen molar-refractivity contribution in [2.75, 3.05) is 6.54 Å². The maximum Gasteiger partial charge on any atom is 0.0544 e. The predicted octanol–water partition coefficient (Wildman–Crippen LogP) is 1.01. The third-order valence-electron chi connectivity index (χ3n) is 3.08. The molecule has 110 valence electrons. The Labute approximate surface area is 124 Å². The zero-order valence-electron chi connectivity index (χ0n) is 11.8. The first kappa shape index (κ1) is 15.1. The molecule has 5 nitrogen and oxygen atoms in total. The average Bonchev–Trinajstić information content (AvgIpc) is 2.49. The summed E-state index contributed by atoms with van der Waals surface area (Å²) in [6.07, 6.45) is 4.15. The van der Waals surface area contributed by atoms with Crippen LogP contribution in [0.25, 0.3) is 0 Å². The number of pyridine rings is 2. The summed E-state index contributed by atoms with van der Waals surface area (Å²) in [6, 6.07) is 11.6. The maximum absolute atomic E-state index is 10.5. The predicted molar refractivity (Wildman–Crippen MR) is 76.8 cm³/mol. The monoisotopic (exact) mass is 284 g/mol. The summed E-state index contributed by atoms with van der Waals surface area (Å²) in [6.45, 7) is 2.01. The Bertz CT molecular complexity index is 504. The molecule has 2 aromatic rings. The fourth-order valence-corrected chi connectivity index (χ4v) is 2.10. The number of carbonyl (C=O) groups is 1. The van der Waals surface area contributed by atoms with Crippen molar-refractivity contribution in [2.24, 2.45) is 0 Å². The Morgan fingerprint density at radius 2 is 1.57 bits per heavy atom. The molecular weight excluding hydrogens is 266 g/mol. The maximum atomic E-state index is 10.5. The Kier molecular flexibility index (Phi) is 5.84. The first-order valence-corrected chi connectivity index (χ1v) is 6.96. The third kappa shape index (κ3) is 5.71. The van der Waals surface area contributed by atoms with Crippen LogP contribution in [0.15, 0.2) is 48.8 Å². The summed E-state index contributed by atoms with van der Waals surface area (Å²) in [4.78, 5) is 21.3. The highest BCUT2D eigenvalue weighted by Gasteiger charge is 2.08. The van der Waals surface area contributed by atoms with Gasteiger partial charge >= 0.3 is 0 Å². The van der Waals surface area contributed by atoms with Crippen LogP contribution in [0.3, 0.4) is 0 Å². The molecule has 0 aliphatic carbocycles. The van der Waals surface area contributed by atoms with Gasteiger partial charge in [0.2, 0.25) is 0 Å². The molecule has 0 spiro atoms. The molecule has 0 unspecified atom stereocenters. The van der Waals surface area contributed by atoms with E-state index >= 15 is 0 Å². The second-order valence-corrected chi connectivity index (χ2v) is 4.83. The lowest BCUT2D eigenvalue weighted by Crippen LogP contribution is -2.27. The fourth-order valence-electron chi connectivity index (χ4n) is 2.10. The Morgan fingerprint density at radius 3 is 2.00 bits per heavy atom. The van der Waals surface area contributed by atoms with E-state index in [1.807, 2.05) is 36.4 Å². The SMILES string of the molecule is O=C([O-])CCCN(Cc1ccccn1)Cc1ccccn1. The van der Waals surface area contributed by atoms with Crippen LogP contribution in [-0.4, -0.2) is 27.4 Å². The standard InChI is InChI=1S/C16H19N3O2/c20-16(21)8-5-11-19(12-14-6-1-3-9-17-14)13-15-7-2-4-10-18-15/h1-4,6-7,9-10H,5,8,11-13H2,(H,20,21)/p-1. The van der Waals surface area contributed by atoms with Crippen molar-refractivity contribution in [2.45, 2.75) is 25.9 Å². The lowest BCUT2D eigenvalue weighted by molar-refractivity contribution is -0.305. The van der Waals surface area contributed by atoms with Crippen molar-refractivity contribution in [3.8, 4) is 0 Å². The number of nitrogens with zero attached hydrogens (tertiary/aromatic N) is 3. The van der Waals surface area contributed by atoms with E-state index in [-0.39, 0.29) is 6.42 Å². The van der Waals surface area contributed by atoms with E-state index in [0.717, 1.165) is 11.4 Å². The molecule has 2 aromatic heterocycles. The number of aromatic nitrogens is 2. The highest BCUT2D eigenvalue weighted by molar-refractivity contribution is 5.64. The number of hydrogen-bond donors (Lipinski definition) is 0. The highest BCUT2D eigenvalue weighted by Crippen LogP contribution is 2.08. The van der Waals surface area contributed by atoms with Crippen LogP contribution in [0.1, 0.15) is 24.2 Å². The van der Waals surface area contributed by atoms with Crippen LogP contribution >= 0.6 is 0 Å². The van der Waals surface area contributed by atoms with Gasteiger partial charge in [-0.15, -0.1) is 0 Å². The van der Waals surface area contributed by atoms with E-state index in [1.54, 1.807) is 12.4 Å². The van der Waals surface area contributed by atoms with E-state index in [9.17, 15) is 9.90 Å². The molecule has 0 N–H and O–H groups in total. The number of carbonyl (C=O) groups excluding carboxylic acids is 1. The molecule has 2 heterocycles. The molecule has 5 heteroatoms. The number of aliphatic carboxylic acids is 1. The Hall–Kier alpha value is -2.27. The van der Waals surface area contributed by atoms with Crippen molar-refractivity contribution >= 4 is 5.97 Å². The van der Waals surface area contributed by atoms with Crippen molar-refractivity contribution in [1.29, 1.82) is 0 Å². The van der Waals surface area contributed by atoms with Crippen molar-refractivity contribution < 1.29 is 9.90 Å². The Morgan fingerprint density at radius 1 is 1.00 bits per heavy atom. The number of rotatable bonds is 8. The molecule has 0 aliphatic heterocycles. The molecule has 0 fully saturated rings. The molecule has 0 aliphatic rings. The quantitative estimate of drug-likeness (QED) is 0.723. The zero-order chi connectivity index (χ0) is 14.9. The van der Waals surface area contributed by atoms with E-state index in [1.165, 1.54) is 0 Å². The summed E-state index contributed by atoms with van der Waals surface area (Å²) in [5, 5.41) is 10.5. The van der Waals surface area contributed by atoms with Gasteiger partial charge < -0.3 is 9.90 Å². The van der Waals surface area contributed by atoms with Gasteiger partial charge in [-0.05, 0) is 43.7 Å². The first-order chi connectivity index (χ1) is 10.2. The average molecular weight is 284 g/mol. The summed E-state index contributed by atoms with van der Waals surface area (Å²) in [5.41, 5.74) is 1.92. The molecule has 21 heavy (non-hydrogen) atoms. The van der Waals surface area contributed by atoms with Gasteiger partial charge in [0.15, 0.2) is 0 Å². The minimum atomic E-state index is -1.01. The van der Waals surface area contributed by atoms with E-state index in [2.05, 4.69) is 14.9 Å². The smallest absolute Gasteiger partial charge is 0.0544 e. The van der Waals surface area contributed by atoms with Crippen LogP contribution in [-0.2, 0) is 17.9 Å². The van der Waals surface area contributed by atoms with Crippen molar-refractivity contribution in [3.05, 3.63) is 60.2 Å². The third-order valence-corrected chi connectivity index (χ3v) is 3.08. The van der Waals surface area contributed by atoms with Gasteiger partial charge in [-0.2, -0.15) is 0 Å². The van der Waals surface area contributed by atoms with E-state index in [0.29, 0.717) is 26.1 Å². The van der Waals surface area contributed by atoms with Gasteiger partial charge in [-0.25, -0.2) is 0 Å². The second kappa shape index (κ2) is 8.11. The second-order valence-electron chi connectivity index (χ2n) is 4.83. The molecule has 0 bridgehead atoms. The minimum Gasteiger partial charge on any atom is -0.550 e. The molecule has 0 amide bonds. The lowest BCUT2D eigenvalue weighted by Gasteiger charge is -2.21. The minimum absolute atomic E-state index is 0.0704. The molecule has 0 saturated heterocycles. The summed E-state index contributed by atoms with van der Waals surface area (Å²) in [7, 11) is 0. The van der Waals surface area contributed by atoms with Crippen LogP contribution < -0.4 is 5.11 Å². The molecule has 0 atom stereocenters. The van der Waals surface area contributed by atoms with Crippen molar-refractivity contribution in [1.82, 2.24) is 14.9 Å². The molecular formula is C16H18N3O2-. The fraction of sp³-hybridized carbons (Fsp3) is 0.312. The zero-order valence-corrected chi connectivity index (χ0v) is 11.8. The molecule has 0 radical (unpaired) electrons. The molecule has 0 saturated carbocycles. The van der Waals surface area contributed by atoms with Gasteiger partial charge in [0.25, 0.3) is 0 Å². The van der Waals surface area contributed by atoms with Crippen LogP contribution in [0.2, 0.25) is 0 Å². The Balaban J connectivity index is 1.97. The number of hydrogen-bond acceptors (Lipinski definition) is 5. The molecule has 2 rings (SSSR count). The van der Waals surface area contributed by atoms with E-state index < -0.39 is 5.97 Å². The van der Waals surface area contributed by atoms with Gasteiger partial charge in [-0.3, -0.25) is 14.9 Å². The van der Waals surface area contributed by atoms with Crippen LogP contribution in [0.5, 0.6) is 0 Å². The topological polar surface area (TPSA) is 69.2 Å². The largest absolute Gasteiger partial charge is 0.550 e. The summed E-state index contributed by atoms with van der Waals surface area (Å²) >= 11 is 0. The van der Waals surface area contributed by atoms with Gasteiger partial charge in [-0.1, -0.05) is 12.1 Å². The van der Waals surface area contributed by atoms with E-state index in [4.69, 9.17) is 0 Å². The normalized spacial score (nSPS) is 10.7. The lowest BCUT2D eigenvalue weighted by atomic mass is 10.2. The van der Waals surface area contributed by atoms with Crippen LogP contribution in [0, 0.1) is 0 Å². The highest BCUT2D eigenvalue weighted by atomic mass is 16.4. The number of carboxylic acids is 1. The van der Waals surface area contributed by atoms with Crippen molar-refractivity contribution in [3.63, 3.8) is 0 Å². The van der Waals surface area contributed by atoms with Gasteiger partial charge in [0.05, 0.1) is 11.4 Å². The number of carboxylic acid groups (broad SMARTS) is 1. The summed E-state index contributed by atoms with van der Waals surface area (Å²) in [5.74, 6) is -1.01. The van der Waals surface area contributed by atoms with Gasteiger partial charge in [0, 0.05) is 31.5 Å². The summed E-state index contributed by atoms with van der Waals surface area (Å²) < 4.78 is 0. The molecule has 0 aromatic carbocycles. The van der Waals surface area contributed by atoms with Gasteiger partial charge in [0.1, 0.15) is 0 Å². The van der Waals surface area contributed by atoms with Crippen LogP contribution in [0.4, 0.5) is 0 Å². The first-order valence-electron chi connectivity index (χ1n) is 6.96.